The highest BCUT2D eigenvalue weighted by atomic mass is 16.5. The molecule has 0 radical (unpaired) electrons. The highest BCUT2D eigenvalue weighted by Crippen LogP contribution is 2.30. The van der Waals surface area contributed by atoms with Gasteiger partial charge >= 0.3 is 5.97 Å². The average molecular weight is 235 g/mol. The number of hydrogen-bond acceptors (Lipinski definition) is 3. The summed E-state index contributed by atoms with van der Waals surface area (Å²) in [4.78, 5) is 10.5. The first-order chi connectivity index (χ1) is 8.18. The summed E-state index contributed by atoms with van der Waals surface area (Å²) in [6, 6.07) is 7.77. The summed E-state index contributed by atoms with van der Waals surface area (Å²) in [6.07, 6.45) is 0.580. The number of hydrogen-bond donors (Lipinski definition) is 2. The van der Waals surface area contributed by atoms with Gasteiger partial charge in [-0.15, -0.1) is 0 Å². The number of carbonyl (C=O) groups is 1. The Morgan fingerprint density at radius 1 is 1.47 bits per heavy atom. The second-order valence-electron chi connectivity index (χ2n) is 4.40. The van der Waals surface area contributed by atoms with E-state index in [1.54, 1.807) is 0 Å². The molecule has 1 fully saturated rings. The Hall–Kier alpha value is -1.39. The number of rotatable bonds is 5. The van der Waals surface area contributed by atoms with E-state index in [1.807, 2.05) is 18.2 Å². The van der Waals surface area contributed by atoms with Crippen molar-refractivity contribution < 1.29 is 14.6 Å². The molecule has 1 unspecified atom stereocenters. The molecule has 1 atom stereocenters. The maximum Gasteiger partial charge on any atom is 0.303 e. The van der Waals surface area contributed by atoms with Crippen molar-refractivity contribution >= 4 is 5.97 Å². The van der Waals surface area contributed by atoms with Crippen LogP contribution in [0.15, 0.2) is 24.3 Å². The minimum atomic E-state index is -0.801. The van der Waals surface area contributed by atoms with Gasteiger partial charge in [0.1, 0.15) is 0 Å². The van der Waals surface area contributed by atoms with Crippen LogP contribution < -0.4 is 5.73 Å². The van der Waals surface area contributed by atoms with Crippen LogP contribution in [0.5, 0.6) is 0 Å². The number of benzene rings is 1. The normalized spacial score (nSPS) is 17.5. The lowest BCUT2D eigenvalue weighted by Crippen LogP contribution is -2.27. The number of aliphatic carboxylic acids is 1. The number of nitrogens with two attached hydrogens (primary N) is 1. The van der Waals surface area contributed by atoms with Crippen LogP contribution in [0.1, 0.15) is 35.9 Å². The zero-order chi connectivity index (χ0) is 12.3. The quantitative estimate of drug-likeness (QED) is 0.814. The van der Waals surface area contributed by atoms with Crippen LogP contribution in [0.2, 0.25) is 0 Å². The summed E-state index contributed by atoms with van der Waals surface area (Å²) in [7, 11) is 0. The van der Waals surface area contributed by atoms with Crippen molar-refractivity contribution in [1.29, 1.82) is 0 Å². The molecule has 0 aromatic heterocycles. The van der Waals surface area contributed by atoms with Gasteiger partial charge in [-0.1, -0.05) is 24.3 Å². The summed E-state index contributed by atoms with van der Waals surface area (Å²) < 4.78 is 5.19. The summed E-state index contributed by atoms with van der Waals surface area (Å²) in [5.74, 6) is -0.382. The molecule has 1 aromatic carbocycles. The van der Waals surface area contributed by atoms with Crippen molar-refractivity contribution in [3.63, 3.8) is 0 Å². The lowest BCUT2D eigenvalue weighted by Gasteiger charge is -2.29. The molecule has 1 aliphatic heterocycles. The largest absolute Gasteiger partial charge is 0.481 e. The fourth-order valence-electron chi connectivity index (χ4n) is 2.07. The highest BCUT2D eigenvalue weighted by molar-refractivity contribution is 5.66. The molecule has 1 saturated heterocycles. The van der Waals surface area contributed by atoms with Crippen LogP contribution in [0.4, 0.5) is 0 Å². The zero-order valence-electron chi connectivity index (χ0n) is 9.63. The first-order valence-electron chi connectivity index (χ1n) is 5.82. The summed E-state index contributed by atoms with van der Waals surface area (Å²) in [6.45, 7) is 1.48. The molecule has 1 heterocycles. The Morgan fingerprint density at radius 3 is 2.76 bits per heavy atom. The average Bonchev–Trinajstić information content (AvgIpc) is 2.24. The standard InChI is InChI=1S/C13H17NO3/c14-12(5-6-13(15)16)11-4-2-1-3-10(11)9-7-17-8-9/h1-4,9,12H,5-8,14H2,(H,15,16). The third-order valence-electron chi connectivity index (χ3n) is 3.14. The molecule has 0 bridgehead atoms. The van der Waals surface area contributed by atoms with Gasteiger partial charge in [0, 0.05) is 18.4 Å². The number of ether oxygens (including phenoxy) is 1. The van der Waals surface area contributed by atoms with Crippen LogP contribution in [0, 0.1) is 0 Å². The monoisotopic (exact) mass is 235 g/mol. The Kier molecular flexibility index (Phi) is 3.76. The summed E-state index contributed by atoms with van der Waals surface area (Å²) in [5.41, 5.74) is 8.32. The topological polar surface area (TPSA) is 72.6 Å². The molecule has 1 aliphatic rings. The smallest absolute Gasteiger partial charge is 0.303 e. The van der Waals surface area contributed by atoms with Gasteiger partial charge in [-0.25, -0.2) is 0 Å². The Morgan fingerprint density at radius 2 is 2.18 bits per heavy atom. The van der Waals surface area contributed by atoms with Gasteiger partial charge in [-0.2, -0.15) is 0 Å². The van der Waals surface area contributed by atoms with E-state index in [4.69, 9.17) is 15.6 Å². The maximum absolute atomic E-state index is 10.5. The van der Waals surface area contributed by atoms with Crippen molar-refractivity contribution in [2.45, 2.75) is 24.8 Å². The summed E-state index contributed by atoms with van der Waals surface area (Å²) >= 11 is 0. The van der Waals surface area contributed by atoms with Gasteiger partial charge in [0.15, 0.2) is 0 Å². The van der Waals surface area contributed by atoms with Gasteiger partial charge in [0.25, 0.3) is 0 Å². The molecule has 0 spiro atoms. The van der Waals surface area contributed by atoms with Crippen LogP contribution in [-0.4, -0.2) is 24.3 Å². The Labute approximate surface area is 100 Å². The molecule has 0 saturated carbocycles. The lowest BCUT2D eigenvalue weighted by atomic mass is 9.88. The predicted molar refractivity (Wildman–Crippen MR) is 63.8 cm³/mol. The van der Waals surface area contributed by atoms with Gasteiger partial charge < -0.3 is 15.6 Å². The molecular formula is C13H17NO3. The molecule has 1 aromatic rings. The van der Waals surface area contributed by atoms with Crippen molar-refractivity contribution in [2.75, 3.05) is 13.2 Å². The minimum Gasteiger partial charge on any atom is -0.481 e. The molecule has 0 aliphatic carbocycles. The molecule has 17 heavy (non-hydrogen) atoms. The van der Waals surface area contributed by atoms with Crippen LogP contribution in [-0.2, 0) is 9.53 Å². The third-order valence-corrected chi connectivity index (χ3v) is 3.14. The molecule has 92 valence electrons. The number of carboxylic acids is 1. The number of carboxylic acid groups (broad SMARTS) is 1. The van der Waals surface area contributed by atoms with Crippen molar-refractivity contribution in [2.24, 2.45) is 5.73 Å². The van der Waals surface area contributed by atoms with E-state index in [0.717, 1.165) is 18.8 Å². The second kappa shape index (κ2) is 5.29. The first-order valence-corrected chi connectivity index (χ1v) is 5.82. The van der Waals surface area contributed by atoms with Gasteiger partial charge in [-0.05, 0) is 17.5 Å². The molecule has 2 rings (SSSR count). The van der Waals surface area contributed by atoms with Gasteiger partial charge in [0.05, 0.1) is 13.2 Å². The third kappa shape index (κ3) is 2.84. The molecule has 4 heteroatoms. The van der Waals surface area contributed by atoms with E-state index in [0.29, 0.717) is 12.3 Å². The first kappa shape index (κ1) is 12.1. The van der Waals surface area contributed by atoms with Gasteiger partial charge in [-0.3, -0.25) is 4.79 Å². The Balaban J connectivity index is 2.10. The molecule has 3 N–H and O–H groups in total. The molecule has 4 nitrogen and oxygen atoms in total. The summed E-state index contributed by atoms with van der Waals surface area (Å²) in [5, 5.41) is 8.67. The van der Waals surface area contributed by atoms with E-state index >= 15 is 0 Å². The highest BCUT2D eigenvalue weighted by Gasteiger charge is 2.24. The van der Waals surface area contributed by atoms with Gasteiger partial charge in [0.2, 0.25) is 0 Å². The van der Waals surface area contributed by atoms with E-state index in [-0.39, 0.29) is 12.5 Å². The van der Waals surface area contributed by atoms with Crippen LogP contribution in [0.25, 0.3) is 0 Å². The molecular weight excluding hydrogens is 218 g/mol. The van der Waals surface area contributed by atoms with Crippen molar-refractivity contribution in [3.05, 3.63) is 35.4 Å². The minimum absolute atomic E-state index is 0.108. The fraction of sp³-hybridized carbons (Fsp3) is 0.462. The second-order valence-corrected chi connectivity index (χ2v) is 4.40. The fourth-order valence-corrected chi connectivity index (χ4v) is 2.07. The van der Waals surface area contributed by atoms with E-state index < -0.39 is 5.97 Å². The maximum atomic E-state index is 10.5. The van der Waals surface area contributed by atoms with Crippen LogP contribution in [0.3, 0.4) is 0 Å². The SMILES string of the molecule is NC(CCC(=O)O)c1ccccc1C1COC1. The van der Waals surface area contributed by atoms with E-state index in [9.17, 15) is 4.79 Å². The van der Waals surface area contributed by atoms with E-state index in [2.05, 4.69) is 6.07 Å². The predicted octanol–water partition coefficient (Wildman–Crippen LogP) is 1.67. The van der Waals surface area contributed by atoms with Crippen molar-refractivity contribution in [1.82, 2.24) is 0 Å². The Bertz CT molecular complexity index is 401. The lowest BCUT2D eigenvalue weighted by molar-refractivity contribution is -0.137. The van der Waals surface area contributed by atoms with Crippen molar-refractivity contribution in [3.8, 4) is 0 Å². The zero-order valence-corrected chi connectivity index (χ0v) is 9.63. The molecule has 0 amide bonds. The van der Waals surface area contributed by atoms with Crippen LogP contribution >= 0.6 is 0 Å². The van der Waals surface area contributed by atoms with E-state index in [1.165, 1.54) is 5.56 Å².